The summed E-state index contributed by atoms with van der Waals surface area (Å²) in [6, 6.07) is 0. The van der Waals surface area contributed by atoms with Crippen LogP contribution in [0.3, 0.4) is 0 Å². The number of aliphatic carboxylic acids is 1. The topological polar surface area (TPSA) is 69.6 Å². The lowest BCUT2D eigenvalue weighted by molar-refractivity contribution is -0.148. The smallest absolute Gasteiger partial charge is 0.316 e. The van der Waals surface area contributed by atoms with Crippen molar-refractivity contribution in [3.05, 3.63) is 0 Å². The zero-order valence-electron chi connectivity index (χ0n) is 11.5. The summed E-state index contributed by atoms with van der Waals surface area (Å²) < 4.78 is 0. The largest absolute Gasteiger partial charge is 0.481 e. The molecule has 0 aromatic carbocycles. The molecule has 1 rings (SSSR count). The molecular formula is C13H24N2O3. The van der Waals surface area contributed by atoms with Crippen molar-refractivity contribution in [2.75, 3.05) is 26.7 Å². The number of carboxylic acid groups (broad SMARTS) is 1. The third-order valence-corrected chi connectivity index (χ3v) is 3.56. The Morgan fingerprint density at radius 2 is 2.11 bits per heavy atom. The summed E-state index contributed by atoms with van der Waals surface area (Å²) in [5.74, 6) is -1.89. The van der Waals surface area contributed by atoms with Gasteiger partial charge in [0.25, 0.3) is 0 Å². The van der Waals surface area contributed by atoms with Crippen LogP contribution in [-0.2, 0) is 9.59 Å². The first-order valence-electron chi connectivity index (χ1n) is 6.61. The molecule has 0 aliphatic carbocycles. The molecule has 2 unspecified atom stereocenters. The number of hydrogen-bond donors (Lipinski definition) is 2. The highest BCUT2D eigenvalue weighted by Crippen LogP contribution is 2.17. The van der Waals surface area contributed by atoms with E-state index in [9.17, 15) is 9.59 Å². The van der Waals surface area contributed by atoms with Crippen molar-refractivity contribution in [1.82, 2.24) is 10.2 Å². The Balaban J connectivity index is 2.29. The van der Waals surface area contributed by atoms with E-state index in [-0.39, 0.29) is 11.8 Å². The monoisotopic (exact) mass is 256 g/mol. The van der Waals surface area contributed by atoms with Crippen molar-refractivity contribution in [3.63, 3.8) is 0 Å². The zero-order chi connectivity index (χ0) is 13.7. The number of carbonyl (C=O) groups is 2. The summed E-state index contributed by atoms with van der Waals surface area (Å²) in [4.78, 5) is 25.0. The maximum absolute atomic E-state index is 11.8. The fourth-order valence-corrected chi connectivity index (χ4v) is 2.47. The molecule has 0 spiro atoms. The third kappa shape index (κ3) is 4.29. The summed E-state index contributed by atoms with van der Waals surface area (Å²) in [5, 5.41) is 11.7. The number of nitrogens with one attached hydrogen (secondary N) is 1. The molecule has 5 nitrogen and oxygen atoms in total. The average molecular weight is 256 g/mol. The number of nitrogens with zero attached hydrogens (tertiary/aromatic N) is 1. The molecule has 2 atom stereocenters. The van der Waals surface area contributed by atoms with Crippen LogP contribution in [0.25, 0.3) is 0 Å². The second-order valence-electron chi connectivity index (χ2n) is 5.56. The van der Waals surface area contributed by atoms with Crippen molar-refractivity contribution < 1.29 is 14.7 Å². The molecule has 0 radical (unpaired) electrons. The minimum Gasteiger partial charge on any atom is -0.481 e. The van der Waals surface area contributed by atoms with E-state index in [4.69, 9.17) is 5.11 Å². The molecule has 1 aliphatic heterocycles. The van der Waals surface area contributed by atoms with Crippen LogP contribution in [0.1, 0.15) is 26.7 Å². The summed E-state index contributed by atoms with van der Waals surface area (Å²) in [6.45, 7) is 6.27. The van der Waals surface area contributed by atoms with E-state index in [1.807, 2.05) is 0 Å². The van der Waals surface area contributed by atoms with Crippen LogP contribution in [0.5, 0.6) is 0 Å². The summed E-state index contributed by atoms with van der Waals surface area (Å²) >= 11 is 0. The average Bonchev–Trinajstić information content (AvgIpc) is 2.63. The first kappa shape index (κ1) is 15.0. The zero-order valence-corrected chi connectivity index (χ0v) is 11.5. The number of carbonyl (C=O) groups excluding carboxylic acids is 1. The van der Waals surface area contributed by atoms with E-state index in [0.29, 0.717) is 12.5 Å². The van der Waals surface area contributed by atoms with Gasteiger partial charge < -0.3 is 15.3 Å². The first-order valence-corrected chi connectivity index (χ1v) is 6.61. The Morgan fingerprint density at radius 1 is 1.44 bits per heavy atom. The Labute approximate surface area is 109 Å². The summed E-state index contributed by atoms with van der Waals surface area (Å²) in [7, 11) is 2.10. The van der Waals surface area contributed by atoms with E-state index in [1.54, 1.807) is 13.8 Å². The molecule has 5 heteroatoms. The summed E-state index contributed by atoms with van der Waals surface area (Å²) in [6.07, 6.45) is 2.10. The maximum atomic E-state index is 11.8. The van der Waals surface area contributed by atoms with Crippen molar-refractivity contribution in [2.45, 2.75) is 26.7 Å². The van der Waals surface area contributed by atoms with E-state index in [1.165, 1.54) is 6.42 Å². The molecule has 104 valence electrons. The SMILES string of the molecule is CC(C)C(C(=O)O)C(=O)NCCC1CCN(C)C1. The molecular weight excluding hydrogens is 232 g/mol. The highest BCUT2D eigenvalue weighted by Gasteiger charge is 2.29. The number of amides is 1. The number of hydrogen-bond acceptors (Lipinski definition) is 3. The van der Waals surface area contributed by atoms with Crippen LogP contribution in [0, 0.1) is 17.8 Å². The van der Waals surface area contributed by atoms with Gasteiger partial charge in [0.2, 0.25) is 5.91 Å². The molecule has 1 aliphatic rings. The van der Waals surface area contributed by atoms with Crippen molar-refractivity contribution in [3.8, 4) is 0 Å². The second-order valence-corrected chi connectivity index (χ2v) is 5.56. The van der Waals surface area contributed by atoms with Gasteiger partial charge in [-0.1, -0.05) is 13.8 Å². The van der Waals surface area contributed by atoms with Crippen molar-refractivity contribution in [1.29, 1.82) is 0 Å². The van der Waals surface area contributed by atoms with Crippen molar-refractivity contribution in [2.24, 2.45) is 17.8 Å². The van der Waals surface area contributed by atoms with Crippen LogP contribution in [0.4, 0.5) is 0 Å². The molecule has 0 aromatic rings. The molecule has 18 heavy (non-hydrogen) atoms. The van der Waals surface area contributed by atoms with Gasteiger partial charge >= 0.3 is 5.97 Å². The lowest BCUT2D eigenvalue weighted by atomic mass is 9.95. The number of likely N-dealkylation sites (tertiary alicyclic amines) is 1. The van der Waals surface area contributed by atoms with Crippen molar-refractivity contribution >= 4 is 11.9 Å². The van der Waals surface area contributed by atoms with Crippen LogP contribution in [0.2, 0.25) is 0 Å². The van der Waals surface area contributed by atoms with Crippen LogP contribution in [-0.4, -0.2) is 48.6 Å². The van der Waals surface area contributed by atoms with Gasteiger partial charge in [-0.15, -0.1) is 0 Å². The molecule has 1 heterocycles. The third-order valence-electron chi connectivity index (χ3n) is 3.56. The molecule has 1 amide bonds. The van der Waals surface area contributed by atoms with Gasteiger partial charge in [0, 0.05) is 13.1 Å². The molecule has 1 fully saturated rings. The Kier molecular flexibility index (Phi) is 5.59. The Morgan fingerprint density at radius 3 is 2.56 bits per heavy atom. The van der Waals surface area contributed by atoms with Crippen LogP contribution >= 0.6 is 0 Å². The molecule has 0 bridgehead atoms. The fourth-order valence-electron chi connectivity index (χ4n) is 2.47. The van der Waals surface area contributed by atoms with Crippen LogP contribution in [0.15, 0.2) is 0 Å². The van der Waals surface area contributed by atoms with Gasteiger partial charge in [-0.2, -0.15) is 0 Å². The first-order chi connectivity index (χ1) is 8.41. The van der Waals surface area contributed by atoms with Gasteiger partial charge in [0.15, 0.2) is 0 Å². The van der Waals surface area contributed by atoms with E-state index in [2.05, 4.69) is 17.3 Å². The van der Waals surface area contributed by atoms with E-state index < -0.39 is 11.9 Å². The highest BCUT2D eigenvalue weighted by molar-refractivity contribution is 5.97. The van der Waals surface area contributed by atoms with E-state index >= 15 is 0 Å². The molecule has 2 N–H and O–H groups in total. The molecule has 0 saturated carbocycles. The molecule has 1 saturated heterocycles. The normalized spacial score (nSPS) is 22.1. The summed E-state index contributed by atoms with van der Waals surface area (Å²) in [5.41, 5.74) is 0. The van der Waals surface area contributed by atoms with E-state index in [0.717, 1.165) is 19.5 Å². The van der Waals surface area contributed by atoms with Gasteiger partial charge in [0.05, 0.1) is 0 Å². The standard InChI is InChI=1S/C13H24N2O3/c1-9(2)11(13(17)18)12(16)14-6-4-10-5-7-15(3)8-10/h9-11H,4-8H2,1-3H3,(H,14,16)(H,17,18). The quantitative estimate of drug-likeness (QED) is 0.690. The van der Waals surface area contributed by atoms with Crippen LogP contribution < -0.4 is 5.32 Å². The minimum absolute atomic E-state index is 0.180. The fraction of sp³-hybridized carbons (Fsp3) is 0.846. The lowest BCUT2D eigenvalue weighted by Crippen LogP contribution is -2.39. The maximum Gasteiger partial charge on any atom is 0.316 e. The second kappa shape index (κ2) is 6.73. The molecule has 0 aromatic heterocycles. The lowest BCUT2D eigenvalue weighted by Gasteiger charge is -2.17. The number of carboxylic acids is 1. The highest BCUT2D eigenvalue weighted by atomic mass is 16.4. The van der Waals surface area contributed by atoms with Gasteiger partial charge in [-0.3, -0.25) is 9.59 Å². The Bertz CT molecular complexity index is 305. The predicted molar refractivity (Wildman–Crippen MR) is 69.2 cm³/mol. The van der Waals surface area contributed by atoms with Gasteiger partial charge in [-0.25, -0.2) is 0 Å². The predicted octanol–water partition coefficient (Wildman–Crippen LogP) is 0.801. The Hall–Kier alpha value is -1.10. The van der Waals surface area contributed by atoms with Gasteiger partial charge in [0.1, 0.15) is 5.92 Å². The minimum atomic E-state index is -1.04. The van der Waals surface area contributed by atoms with Gasteiger partial charge in [-0.05, 0) is 38.3 Å². The number of rotatable bonds is 6.